The molecule has 1 amide bonds. The molecule has 4 nitrogen and oxygen atoms in total. The SMILES string of the molecule is O=C1NC(Nc2ccccc2F)S/C1=C\c1ccc(OCc2ccc(F)cc2)c(Br)c1. The average Bonchev–Trinajstić information content (AvgIpc) is 3.09. The Morgan fingerprint density at radius 2 is 1.87 bits per heavy atom. The summed E-state index contributed by atoms with van der Waals surface area (Å²) in [6.45, 7) is 0.307. The number of rotatable bonds is 6. The molecule has 1 aliphatic rings. The summed E-state index contributed by atoms with van der Waals surface area (Å²) >= 11 is 4.77. The molecule has 0 radical (unpaired) electrons. The van der Waals surface area contributed by atoms with Crippen LogP contribution >= 0.6 is 27.7 Å². The molecule has 1 saturated heterocycles. The van der Waals surface area contributed by atoms with Crippen LogP contribution in [0.1, 0.15) is 11.1 Å². The molecule has 3 aromatic carbocycles. The Morgan fingerprint density at radius 1 is 1.10 bits per heavy atom. The molecule has 0 aliphatic carbocycles. The fraction of sp³-hybridized carbons (Fsp3) is 0.0870. The van der Waals surface area contributed by atoms with E-state index in [1.165, 1.54) is 30.0 Å². The lowest BCUT2D eigenvalue weighted by atomic mass is 10.2. The molecule has 0 bridgehead atoms. The lowest BCUT2D eigenvalue weighted by Gasteiger charge is -2.13. The first-order chi connectivity index (χ1) is 15.0. The van der Waals surface area contributed by atoms with Gasteiger partial charge in [-0.1, -0.05) is 42.1 Å². The van der Waals surface area contributed by atoms with Gasteiger partial charge in [0.05, 0.1) is 15.1 Å². The van der Waals surface area contributed by atoms with Crippen LogP contribution in [0.15, 0.2) is 76.1 Å². The normalized spacial score (nSPS) is 16.9. The summed E-state index contributed by atoms with van der Waals surface area (Å²) in [7, 11) is 0. The predicted octanol–water partition coefficient (Wildman–Crippen LogP) is 5.91. The minimum absolute atomic E-state index is 0.230. The van der Waals surface area contributed by atoms with E-state index in [1.807, 2.05) is 12.1 Å². The highest BCUT2D eigenvalue weighted by molar-refractivity contribution is 9.10. The molecule has 8 heteroatoms. The molecule has 31 heavy (non-hydrogen) atoms. The summed E-state index contributed by atoms with van der Waals surface area (Å²) in [4.78, 5) is 12.8. The molecule has 0 saturated carbocycles. The Labute approximate surface area is 190 Å². The number of anilines is 1. The van der Waals surface area contributed by atoms with Crippen LogP contribution in [-0.2, 0) is 11.4 Å². The van der Waals surface area contributed by atoms with Crippen molar-refractivity contribution in [1.82, 2.24) is 5.32 Å². The Hall–Kier alpha value is -2.84. The zero-order chi connectivity index (χ0) is 21.8. The maximum absolute atomic E-state index is 13.8. The van der Waals surface area contributed by atoms with Gasteiger partial charge >= 0.3 is 0 Å². The van der Waals surface area contributed by atoms with E-state index in [1.54, 1.807) is 42.5 Å². The Morgan fingerprint density at radius 3 is 2.61 bits per heavy atom. The summed E-state index contributed by atoms with van der Waals surface area (Å²) in [5.74, 6) is -0.266. The molecule has 158 valence electrons. The lowest BCUT2D eigenvalue weighted by Crippen LogP contribution is -2.31. The summed E-state index contributed by atoms with van der Waals surface area (Å²) in [5, 5.41) is 5.76. The van der Waals surface area contributed by atoms with Crippen LogP contribution in [0, 0.1) is 11.6 Å². The van der Waals surface area contributed by atoms with Gasteiger partial charge in [-0.3, -0.25) is 4.79 Å². The maximum atomic E-state index is 13.8. The number of carbonyl (C=O) groups is 1. The molecule has 0 aromatic heterocycles. The number of ether oxygens (including phenoxy) is 1. The van der Waals surface area contributed by atoms with Crippen molar-refractivity contribution in [2.75, 3.05) is 5.32 Å². The number of hydrogen-bond donors (Lipinski definition) is 2. The summed E-state index contributed by atoms with van der Waals surface area (Å²) < 4.78 is 33.3. The summed E-state index contributed by atoms with van der Waals surface area (Å²) in [6, 6.07) is 17.9. The van der Waals surface area contributed by atoms with E-state index in [9.17, 15) is 13.6 Å². The minimum Gasteiger partial charge on any atom is -0.488 e. The van der Waals surface area contributed by atoms with Gasteiger partial charge in [0.2, 0.25) is 0 Å². The van der Waals surface area contributed by atoms with Crippen LogP contribution in [-0.4, -0.2) is 11.4 Å². The van der Waals surface area contributed by atoms with Crippen molar-refractivity contribution in [1.29, 1.82) is 0 Å². The van der Waals surface area contributed by atoms with E-state index in [2.05, 4.69) is 26.6 Å². The van der Waals surface area contributed by atoms with Crippen LogP contribution in [0.25, 0.3) is 6.08 Å². The second-order valence-corrected chi connectivity index (χ2v) is 8.71. The van der Waals surface area contributed by atoms with Gasteiger partial charge in [0.1, 0.15) is 24.0 Å². The van der Waals surface area contributed by atoms with Gasteiger partial charge in [0.25, 0.3) is 5.91 Å². The highest BCUT2D eigenvalue weighted by Gasteiger charge is 2.27. The van der Waals surface area contributed by atoms with Crippen LogP contribution in [0.2, 0.25) is 0 Å². The van der Waals surface area contributed by atoms with E-state index in [0.29, 0.717) is 22.9 Å². The standard InChI is InChI=1S/C23H17BrF2N2O2S/c24-17-11-15(7-10-20(17)30-13-14-5-8-16(25)9-6-14)12-21-22(29)28-23(31-21)27-19-4-2-1-3-18(19)26/h1-12,23,27H,13H2,(H,28,29)/b21-12-. The van der Waals surface area contributed by atoms with Crippen molar-refractivity contribution in [3.05, 3.63) is 98.9 Å². The molecular weight excluding hydrogens is 486 g/mol. The maximum Gasteiger partial charge on any atom is 0.260 e. The number of nitrogens with one attached hydrogen (secondary N) is 2. The van der Waals surface area contributed by atoms with E-state index in [0.717, 1.165) is 15.6 Å². The third-order valence-electron chi connectivity index (χ3n) is 4.45. The van der Waals surface area contributed by atoms with Crippen molar-refractivity contribution < 1.29 is 18.3 Å². The van der Waals surface area contributed by atoms with Crippen molar-refractivity contribution in [2.24, 2.45) is 0 Å². The fourth-order valence-electron chi connectivity index (χ4n) is 2.90. The molecule has 1 atom stereocenters. The largest absolute Gasteiger partial charge is 0.488 e. The van der Waals surface area contributed by atoms with Crippen LogP contribution in [0.5, 0.6) is 5.75 Å². The second-order valence-electron chi connectivity index (χ2n) is 6.71. The van der Waals surface area contributed by atoms with Gasteiger partial charge in [-0.25, -0.2) is 8.78 Å². The first-order valence-electron chi connectivity index (χ1n) is 9.35. The van der Waals surface area contributed by atoms with Crippen molar-refractivity contribution in [3.63, 3.8) is 0 Å². The second kappa shape index (κ2) is 9.53. The molecule has 3 aromatic rings. The first kappa shape index (κ1) is 21.4. The number of thioether (sulfide) groups is 1. The van der Waals surface area contributed by atoms with Gasteiger partial charge in [0.15, 0.2) is 5.50 Å². The molecule has 4 rings (SSSR count). The number of benzene rings is 3. The highest BCUT2D eigenvalue weighted by atomic mass is 79.9. The summed E-state index contributed by atoms with van der Waals surface area (Å²) in [5.41, 5.74) is 1.53. The van der Waals surface area contributed by atoms with E-state index in [4.69, 9.17) is 4.74 Å². The summed E-state index contributed by atoms with van der Waals surface area (Å²) in [6.07, 6.45) is 1.76. The van der Waals surface area contributed by atoms with Crippen LogP contribution < -0.4 is 15.4 Å². The third-order valence-corrected chi connectivity index (χ3v) is 6.10. The topological polar surface area (TPSA) is 50.4 Å². The minimum atomic E-state index is -0.461. The van der Waals surface area contributed by atoms with E-state index >= 15 is 0 Å². The van der Waals surface area contributed by atoms with Gasteiger partial charge in [-0.15, -0.1) is 0 Å². The molecular formula is C23H17BrF2N2O2S. The molecule has 2 N–H and O–H groups in total. The van der Waals surface area contributed by atoms with Gasteiger partial charge in [-0.05, 0) is 69.5 Å². The monoisotopic (exact) mass is 502 g/mol. The first-order valence-corrected chi connectivity index (χ1v) is 11.0. The van der Waals surface area contributed by atoms with Crippen LogP contribution in [0.4, 0.5) is 14.5 Å². The molecule has 1 aliphatic heterocycles. The van der Waals surface area contributed by atoms with Crippen molar-refractivity contribution in [3.8, 4) is 5.75 Å². The average molecular weight is 503 g/mol. The number of halogens is 3. The molecule has 1 unspecified atom stereocenters. The zero-order valence-electron chi connectivity index (χ0n) is 16.1. The smallest absolute Gasteiger partial charge is 0.260 e. The van der Waals surface area contributed by atoms with Gasteiger partial charge in [0, 0.05) is 0 Å². The Bertz CT molecular complexity index is 1140. The van der Waals surface area contributed by atoms with Gasteiger partial charge < -0.3 is 15.4 Å². The van der Waals surface area contributed by atoms with Gasteiger partial charge in [-0.2, -0.15) is 0 Å². The van der Waals surface area contributed by atoms with E-state index in [-0.39, 0.29) is 17.5 Å². The number of carbonyl (C=O) groups excluding carboxylic acids is 1. The third kappa shape index (κ3) is 5.45. The Kier molecular flexibility index (Phi) is 6.58. The predicted molar refractivity (Wildman–Crippen MR) is 122 cm³/mol. The number of hydrogen-bond acceptors (Lipinski definition) is 4. The van der Waals surface area contributed by atoms with Crippen LogP contribution in [0.3, 0.4) is 0 Å². The zero-order valence-corrected chi connectivity index (χ0v) is 18.5. The highest BCUT2D eigenvalue weighted by Crippen LogP contribution is 2.33. The molecule has 1 heterocycles. The quantitative estimate of drug-likeness (QED) is 0.411. The number of para-hydroxylation sites is 1. The Balaban J connectivity index is 1.41. The van der Waals surface area contributed by atoms with Crippen molar-refractivity contribution in [2.45, 2.75) is 12.1 Å². The lowest BCUT2D eigenvalue weighted by molar-refractivity contribution is -0.116. The molecule has 0 spiro atoms. The van der Waals surface area contributed by atoms with E-state index < -0.39 is 5.50 Å². The molecule has 1 fully saturated rings. The number of amides is 1. The van der Waals surface area contributed by atoms with Crippen molar-refractivity contribution >= 4 is 45.4 Å². The fourth-order valence-corrected chi connectivity index (χ4v) is 4.39.